The zero-order chi connectivity index (χ0) is 14.0. The molecule has 1 fully saturated rings. The Kier molecular flexibility index (Phi) is 4.19. The molecule has 0 spiro atoms. The maximum absolute atomic E-state index is 10.9. The molecule has 2 rings (SSSR count). The van der Waals surface area contributed by atoms with Crippen molar-refractivity contribution in [2.75, 3.05) is 7.11 Å². The highest BCUT2D eigenvalue weighted by Crippen LogP contribution is 2.50. The van der Waals surface area contributed by atoms with E-state index in [4.69, 9.17) is 4.74 Å². The molecule has 0 amide bonds. The van der Waals surface area contributed by atoms with Crippen molar-refractivity contribution < 1.29 is 9.84 Å². The number of aliphatic hydroxyl groups is 1. The number of aliphatic hydroxyl groups excluding tert-OH is 1. The van der Waals surface area contributed by atoms with E-state index in [9.17, 15) is 5.11 Å². The van der Waals surface area contributed by atoms with Gasteiger partial charge in [-0.1, -0.05) is 19.8 Å². The summed E-state index contributed by atoms with van der Waals surface area (Å²) in [5, 5.41) is 10.9. The molecule has 1 unspecified atom stereocenters. The molecule has 1 atom stereocenters. The Morgan fingerprint density at radius 3 is 2.37 bits per heavy atom. The third-order valence-electron chi connectivity index (χ3n) is 4.96. The fourth-order valence-electron chi connectivity index (χ4n) is 3.56. The minimum absolute atomic E-state index is 0.0891. The van der Waals surface area contributed by atoms with Crippen LogP contribution in [0.2, 0.25) is 0 Å². The fraction of sp³-hybridized carbons (Fsp3) is 0.647. The van der Waals surface area contributed by atoms with Gasteiger partial charge < -0.3 is 9.84 Å². The first-order valence-corrected chi connectivity index (χ1v) is 7.37. The van der Waals surface area contributed by atoms with Crippen molar-refractivity contribution in [2.45, 2.75) is 59.0 Å². The lowest BCUT2D eigenvalue weighted by Crippen LogP contribution is -2.25. The van der Waals surface area contributed by atoms with E-state index in [0.717, 1.165) is 41.7 Å². The molecule has 2 heteroatoms. The van der Waals surface area contributed by atoms with Crippen molar-refractivity contribution in [2.24, 2.45) is 5.41 Å². The fourth-order valence-corrected chi connectivity index (χ4v) is 3.56. The first-order valence-electron chi connectivity index (χ1n) is 7.37. The van der Waals surface area contributed by atoms with Crippen LogP contribution in [0.5, 0.6) is 5.75 Å². The Morgan fingerprint density at radius 2 is 1.84 bits per heavy atom. The molecule has 0 radical (unpaired) electrons. The van der Waals surface area contributed by atoms with E-state index in [0.29, 0.717) is 0 Å². The van der Waals surface area contributed by atoms with Crippen LogP contribution in [0.15, 0.2) is 12.1 Å². The van der Waals surface area contributed by atoms with Crippen LogP contribution in [0.4, 0.5) is 0 Å². The summed E-state index contributed by atoms with van der Waals surface area (Å²) in [4.78, 5) is 0. The SMILES string of the molecule is CCC1(C(O)c2cc(C)c(OC)cc2C)CCCC1. The van der Waals surface area contributed by atoms with Gasteiger partial charge in [0.15, 0.2) is 0 Å². The van der Waals surface area contributed by atoms with Gasteiger partial charge in [-0.25, -0.2) is 0 Å². The third-order valence-corrected chi connectivity index (χ3v) is 4.96. The first kappa shape index (κ1) is 14.4. The molecule has 0 heterocycles. The molecule has 19 heavy (non-hydrogen) atoms. The molecule has 1 aromatic carbocycles. The molecule has 0 saturated heterocycles. The second-order valence-electron chi connectivity index (χ2n) is 6.00. The van der Waals surface area contributed by atoms with E-state index >= 15 is 0 Å². The predicted molar refractivity (Wildman–Crippen MR) is 78.6 cm³/mol. The Bertz CT molecular complexity index is 445. The summed E-state index contributed by atoms with van der Waals surface area (Å²) in [6, 6.07) is 4.15. The lowest BCUT2D eigenvalue weighted by atomic mass is 9.74. The number of methoxy groups -OCH3 is 1. The van der Waals surface area contributed by atoms with Gasteiger partial charge >= 0.3 is 0 Å². The normalized spacial score (nSPS) is 19.4. The lowest BCUT2D eigenvalue weighted by Gasteiger charge is -2.34. The maximum atomic E-state index is 10.9. The van der Waals surface area contributed by atoms with Gasteiger partial charge in [-0.15, -0.1) is 0 Å². The quantitative estimate of drug-likeness (QED) is 0.876. The van der Waals surface area contributed by atoms with Gasteiger partial charge in [0.2, 0.25) is 0 Å². The standard InChI is InChI=1S/C17H26O2/c1-5-17(8-6-7-9-17)16(18)14-10-13(3)15(19-4)11-12(14)2/h10-11,16,18H,5-9H2,1-4H3. The molecule has 1 N–H and O–H groups in total. The number of hydrogen-bond donors (Lipinski definition) is 1. The number of rotatable bonds is 4. The molecular weight excluding hydrogens is 236 g/mol. The highest BCUT2D eigenvalue weighted by Gasteiger charge is 2.40. The molecule has 0 bridgehead atoms. The second-order valence-corrected chi connectivity index (χ2v) is 6.00. The van der Waals surface area contributed by atoms with Crippen molar-refractivity contribution in [3.63, 3.8) is 0 Å². The Balaban J connectivity index is 2.38. The van der Waals surface area contributed by atoms with Crippen LogP contribution in [-0.4, -0.2) is 12.2 Å². The average molecular weight is 262 g/mol. The molecule has 1 aliphatic rings. The largest absolute Gasteiger partial charge is 0.496 e. The molecule has 0 aliphatic heterocycles. The van der Waals surface area contributed by atoms with Gasteiger partial charge in [0.25, 0.3) is 0 Å². The van der Waals surface area contributed by atoms with Crippen LogP contribution in [0.1, 0.15) is 61.8 Å². The zero-order valence-electron chi connectivity index (χ0n) is 12.6. The molecular formula is C17H26O2. The van der Waals surface area contributed by atoms with E-state index in [1.54, 1.807) is 7.11 Å². The Labute approximate surface area is 116 Å². The molecule has 1 aromatic rings. The molecule has 2 nitrogen and oxygen atoms in total. The summed E-state index contributed by atoms with van der Waals surface area (Å²) in [5.74, 6) is 0.908. The van der Waals surface area contributed by atoms with Crippen LogP contribution < -0.4 is 4.74 Å². The molecule has 1 saturated carbocycles. The maximum Gasteiger partial charge on any atom is 0.122 e. The Morgan fingerprint density at radius 1 is 1.21 bits per heavy atom. The van der Waals surface area contributed by atoms with E-state index in [-0.39, 0.29) is 11.5 Å². The molecule has 1 aliphatic carbocycles. The summed E-state index contributed by atoms with van der Waals surface area (Å²) in [6.07, 6.45) is 5.51. The highest BCUT2D eigenvalue weighted by atomic mass is 16.5. The van der Waals surface area contributed by atoms with Crippen molar-refractivity contribution in [3.05, 3.63) is 28.8 Å². The monoisotopic (exact) mass is 262 g/mol. The second kappa shape index (κ2) is 5.54. The van der Waals surface area contributed by atoms with Crippen molar-refractivity contribution in [1.29, 1.82) is 0 Å². The number of hydrogen-bond acceptors (Lipinski definition) is 2. The van der Waals surface area contributed by atoms with Gasteiger partial charge in [-0.2, -0.15) is 0 Å². The third kappa shape index (κ3) is 2.51. The van der Waals surface area contributed by atoms with E-state index in [1.165, 1.54) is 12.8 Å². The smallest absolute Gasteiger partial charge is 0.122 e. The van der Waals surface area contributed by atoms with Gasteiger partial charge in [0, 0.05) is 5.41 Å². The predicted octanol–water partition coefficient (Wildman–Crippen LogP) is 4.32. The highest BCUT2D eigenvalue weighted by molar-refractivity contribution is 5.43. The number of ether oxygens (including phenoxy) is 1. The van der Waals surface area contributed by atoms with Crippen LogP contribution in [-0.2, 0) is 0 Å². The van der Waals surface area contributed by atoms with Crippen LogP contribution in [0.3, 0.4) is 0 Å². The van der Waals surface area contributed by atoms with Crippen LogP contribution in [0, 0.1) is 19.3 Å². The zero-order valence-corrected chi connectivity index (χ0v) is 12.6. The van der Waals surface area contributed by atoms with E-state index in [1.807, 2.05) is 13.0 Å². The summed E-state index contributed by atoms with van der Waals surface area (Å²) in [6.45, 7) is 6.32. The van der Waals surface area contributed by atoms with Crippen molar-refractivity contribution >= 4 is 0 Å². The lowest BCUT2D eigenvalue weighted by molar-refractivity contribution is 0.0232. The number of aryl methyl sites for hydroxylation is 2. The summed E-state index contributed by atoms with van der Waals surface area (Å²) in [7, 11) is 1.70. The van der Waals surface area contributed by atoms with E-state index in [2.05, 4.69) is 19.9 Å². The van der Waals surface area contributed by atoms with Gasteiger partial charge in [0.1, 0.15) is 5.75 Å². The van der Waals surface area contributed by atoms with Crippen molar-refractivity contribution in [1.82, 2.24) is 0 Å². The van der Waals surface area contributed by atoms with Gasteiger partial charge in [-0.3, -0.25) is 0 Å². The van der Waals surface area contributed by atoms with Gasteiger partial charge in [-0.05, 0) is 61.9 Å². The summed E-state index contributed by atoms with van der Waals surface area (Å²) >= 11 is 0. The van der Waals surface area contributed by atoms with Crippen LogP contribution >= 0.6 is 0 Å². The minimum Gasteiger partial charge on any atom is -0.496 e. The topological polar surface area (TPSA) is 29.5 Å². The average Bonchev–Trinajstić information content (AvgIpc) is 2.90. The first-order chi connectivity index (χ1) is 9.04. The summed E-state index contributed by atoms with van der Waals surface area (Å²) < 4.78 is 5.36. The number of benzene rings is 1. The van der Waals surface area contributed by atoms with Gasteiger partial charge in [0.05, 0.1) is 13.2 Å². The van der Waals surface area contributed by atoms with Crippen molar-refractivity contribution in [3.8, 4) is 5.75 Å². The van der Waals surface area contributed by atoms with E-state index < -0.39 is 0 Å². The summed E-state index contributed by atoms with van der Waals surface area (Å²) in [5.41, 5.74) is 3.41. The molecule has 0 aromatic heterocycles. The minimum atomic E-state index is -0.343. The molecule has 106 valence electrons. The van der Waals surface area contributed by atoms with Crippen LogP contribution in [0.25, 0.3) is 0 Å². The Hall–Kier alpha value is -1.02.